The Balaban J connectivity index is 1.92. The molecule has 0 atom stereocenters. The first kappa shape index (κ1) is 19.9. The number of nitrogens with one attached hydrogen (secondary N) is 1. The van der Waals surface area contributed by atoms with Gasteiger partial charge in [0.1, 0.15) is 5.75 Å². The number of rotatable bonds is 6. The molecule has 1 aliphatic carbocycles. The fraction of sp³-hybridized carbons (Fsp3) is 0.476. The van der Waals surface area contributed by atoms with Crippen LogP contribution in [-0.4, -0.2) is 32.9 Å². The van der Waals surface area contributed by atoms with Gasteiger partial charge in [0, 0.05) is 11.6 Å². The number of ether oxygens (including phenoxy) is 1. The molecule has 7 heteroatoms. The summed E-state index contributed by atoms with van der Waals surface area (Å²) in [5, 5.41) is 16.6. The van der Waals surface area contributed by atoms with Gasteiger partial charge in [0.2, 0.25) is 0 Å². The Kier molecular flexibility index (Phi) is 5.19. The number of aromatic carboxylic acids is 1. The monoisotopic (exact) mass is 385 g/mol. The highest BCUT2D eigenvalue weighted by Crippen LogP contribution is 2.41. The van der Waals surface area contributed by atoms with Crippen LogP contribution in [0.3, 0.4) is 0 Å². The fourth-order valence-electron chi connectivity index (χ4n) is 3.02. The van der Waals surface area contributed by atoms with Crippen LogP contribution in [0.4, 0.5) is 5.69 Å². The Hall–Kier alpha value is -2.83. The maximum atomic E-state index is 12.9. The average molecular weight is 385 g/mol. The van der Waals surface area contributed by atoms with Crippen molar-refractivity contribution < 1.29 is 19.4 Å². The predicted molar refractivity (Wildman–Crippen MR) is 106 cm³/mol. The topological polar surface area (TPSA) is 93.5 Å². The number of amides is 1. The molecule has 2 N–H and O–H groups in total. The Morgan fingerprint density at radius 2 is 1.93 bits per heavy atom. The lowest BCUT2D eigenvalue weighted by Crippen LogP contribution is -2.26. The van der Waals surface area contributed by atoms with Crippen LogP contribution in [-0.2, 0) is 5.54 Å². The first-order valence-corrected chi connectivity index (χ1v) is 9.52. The smallest absolute Gasteiger partial charge is 0.335 e. The molecule has 0 radical (unpaired) electrons. The Morgan fingerprint density at radius 3 is 2.46 bits per heavy atom. The van der Waals surface area contributed by atoms with Gasteiger partial charge in [0.15, 0.2) is 5.69 Å². The molecule has 1 saturated carbocycles. The largest absolute Gasteiger partial charge is 0.489 e. The molecule has 0 bridgehead atoms. The van der Waals surface area contributed by atoms with Crippen molar-refractivity contribution in [2.24, 2.45) is 0 Å². The first-order chi connectivity index (χ1) is 13.1. The van der Waals surface area contributed by atoms with E-state index in [4.69, 9.17) is 4.74 Å². The third-order valence-electron chi connectivity index (χ3n) is 4.44. The van der Waals surface area contributed by atoms with Crippen molar-refractivity contribution in [3.05, 3.63) is 41.2 Å². The van der Waals surface area contributed by atoms with Crippen LogP contribution in [0.5, 0.6) is 5.75 Å². The van der Waals surface area contributed by atoms with E-state index in [1.54, 1.807) is 6.07 Å². The van der Waals surface area contributed by atoms with Crippen molar-refractivity contribution in [1.82, 2.24) is 9.78 Å². The molecule has 150 valence electrons. The predicted octanol–water partition coefficient (Wildman–Crippen LogP) is 4.25. The second-order valence-corrected chi connectivity index (χ2v) is 8.45. The average Bonchev–Trinajstić information content (AvgIpc) is 3.32. The molecule has 3 rings (SSSR count). The summed E-state index contributed by atoms with van der Waals surface area (Å²) in [5.41, 5.74) is 1.54. The number of hydrogen-bond donors (Lipinski definition) is 2. The Morgan fingerprint density at radius 1 is 1.25 bits per heavy atom. The number of aromatic nitrogens is 2. The van der Waals surface area contributed by atoms with E-state index in [1.165, 1.54) is 12.1 Å². The number of anilines is 1. The first-order valence-electron chi connectivity index (χ1n) is 9.52. The molecule has 1 aliphatic rings. The zero-order chi connectivity index (χ0) is 20.6. The molecule has 1 aromatic carbocycles. The minimum atomic E-state index is -1.07. The summed E-state index contributed by atoms with van der Waals surface area (Å²) < 4.78 is 7.63. The maximum Gasteiger partial charge on any atom is 0.335 e. The molecule has 1 aromatic heterocycles. The van der Waals surface area contributed by atoms with Gasteiger partial charge in [0.25, 0.3) is 5.91 Å². The summed E-state index contributed by atoms with van der Waals surface area (Å²) in [7, 11) is 0. The Bertz CT molecular complexity index is 905. The van der Waals surface area contributed by atoms with Crippen molar-refractivity contribution >= 4 is 17.6 Å². The summed E-state index contributed by atoms with van der Waals surface area (Å²) in [4.78, 5) is 24.2. The van der Waals surface area contributed by atoms with Crippen LogP contribution in [0, 0.1) is 0 Å². The van der Waals surface area contributed by atoms with Gasteiger partial charge in [0.05, 0.1) is 22.9 Å². The van der Waals surface area contributed by atoms with E-state index in [-0.39, 0.29) is 23.1 Å². The van der Waals surface area contributed by atoms with E-state index >= 15 is 0 Å². The van der Waals surface area contributed by atoms with Gasteiger partial charge in [-0.05, 0) is 71.7 Å². The molecule has 28 heavy (non-hydrogen) atoms. The standard InChI is InChI=1S/C21H27N3O4/c1-12(2)28-18-9-8-14(20(26)27)10-15(18)22-19(25)16-11-17(13-6-7-13)24(23-16)21(3,4)5/h8-13H,6-7H2,1-5H3,(H,22,25)(H,26,27). The lowest BCUT2D eigenvalue weighted by Gasteiger charge is -2.22. The van der Waals surface area contributed by atoms with E-state index in [9.17, 15) is 14.7 Å². The molecule has 1 amide bonds. The normalized spacial score (nSPS) is 14.2. The van der Waals surface area contributed by atoms with Gasteiger partial charge in [-0.1, -0.05) is 0 Å². The van der Waals surface area contributed by atoms with E-state index < -0.39 is 5.97 Å². The summed E-state index contributed by atoms with van der Waals surface area (Å²) in [6, 6.07) is 6.25. The number of carbonyl (C=O) groups excluding carboxylic acids is 1. The van der Waals surface area contributed by atoms with E-state index in [0.29, 0.717) is 23.0 Å². The fourth-order valence-corrected chi connectivity index (χ4v) is 3.02. The minimum Gasteiger partial charge on any atom is -0.489 e. The van der Waals surface area contributed by atoms with Crippen molar-refractivity contribution in [1.29, 1.82) is 0 Å². The Labute approximate surface area is 164 Å². The lowest BCUT2D eigenvalue weighted by atomic mass is 10.1. The summed E-state index contributed by atoms with van der Waals surface area (Å²) in [6.07, 6.45) is 2.10. The molecule has 1 heterocycles. The molecular weight excluding hydrogens is 358 g/mol. The molecular formula is C21H27N3O4. The number of carboxylic acid groups (broad SMARTS) is 1. The van der Waals surface area contributed by atoms with Gasteiger partial charge in [-0.3, -0.25) is 9.48 Å². The quantitative estimate of drug-likeness (QED) is 0.775. The minimum absolute atomic E-state index is 0.0743. The maximum absolute atomic E-state index is 12.9. The van der Waals surface area contributed by atoms with Crippen LogP contribution in [0.2, 0.25) is 0 Å². The van der Waals surface area contributed by atoms with Crippen LogP contribution in [0.1, 0.15) is 79.9 Å². The van der Waals surface area contributed by atoms with Crippen LogP contribution < -0.4 is 10.1 Å². The summed E-state index contributed by atoms with van der Waals surface area (Å²) in [5.74, 6) is -0.588. The molecule has 1 fully saturated rings. The van der Waals surface area contributed by atoms with Crippen molar-refractivity contribution in [3.63, 3.8) is 0 Å². The number of hydrogen-bond acceptors (Lipinski definition) is 4. The van der Waals surface area contributed by atoms with Crippen LogP contribution in [0.25, 0.3) is 0 Å². The van der Waals surface area contributed by atoms with Gasteiger partial charge in [-0.15, -0.1) is 0 Å². The van der Waals surface area contributed by atoms with Crippen LogP contribution >= 0.6 is 0 Å². The highest BCUT2D eigenvalue weighted by Gasteiger charge is 2.32. The second kappa shape index (κ2) is 7.30. The zero-order valence-electron chi connectivity index (χ0n) is 16.9. The van der Waals surface area contributed by atoms with E-state index in [2.05, 4.69) is 31.2 Å². The molecule has 0 aliphatic heterocycles. The highest BCUT2D eigenvalue weighted by atomic mass is 16.5. The van der Waals surface area contributed by atoms with Crippen molar-refractivity contribution in [3.8, 4) is 5.75 Å². The second-order valence-electron chi connectivity index (χ2n) is 8.45. The van der Waals surface area contributed by atoms with Crippen molar-refractivity contribution in [2.75, 3.05) is 5.32 Å². The van der Waals surface area contributed by atoms with Gasteiger partial charge in [-0.2, -0.15) is 5.10 Å². The zero-order valence-corrected chi connectivity index (χ0v) is 16.9. The molecule has 0 saturated heterocycles. The SMILES string of the molecule is CC(C)Oc1ccc(C(=O)O)cc1NC(=O)c1cc(C2CC2)n(C(C)(C)C)n1. The van der Waals surface area contributed by atoms with E-state index in [0.717, 1.165) is 18.5 Å². The number of carboxylic acids is 1. The number of benzene rings is 1. The van der Waals surface area contributed by atoms with Gasteiger partial charge < -0.3 is 15.2 Å². The highest BCUT2D eigenvalue weighted by molar-refractivity contribution is 6.04. The lowest BCUT2D eigenvalue weighted by molar-refractivity contribution is 0.0696. The number of nitrogens with zero attached hydrogens (tertiary/aromatic N) is 2. The molecule has 0 unspecified atom stereocenters. The third kappa shape index (κ3) is 4.35. The molecule has 7 nitrogen and oxygen atoms in total. The van der Waals surface area contributed by atoms with Crippen LogP contribution in [0.15, 0.2) is 24.3 Å². The summed E-state index contributed by atoms with van der Waals surface area (Å²) >= 11 is 0. The third-order valence-corrected chi connectivity index (χ3v) is 4.44. The van der Waals surface area contributed by atoms with E-state index in [1.807, 2.05) is 24.6 Å². The van der Waals surface area contributed by atoms with Gasteiger partial charge >= 0.3 is 5.97 Å². The molecule has 0 spiro atoms. The summed E-state index contributed by atoms with van der Waals surface area (Å²) in [6.45, 7) is 9.89. The van der Waals surface area contributed by atoms with Gasteiger partial charge in [-0.25, -0.2) is 4.79 Å². The molecule has 2 aromatic rings. The van der Waals surface area contributed by atoms with Crippen molar-refractivity contribution in [2.45, 2.75) is 65.0 Å². The number of carbonyl (C=O) groups is 2.